The van der Waals surface area contributed by atoms with Crippen molar-refractivity contribution >= 4 is 11.6 Å². The second-order valence-corrected chi connectivity index (χ2v) is 3.41. The first-order valence-corrected chi connectivity index (χ1v) is 4.81. The molecule has 0 spiro atoms. The first kappa shape index (κ1) is 13.7. The molecular weight excluding hydrogens is 260 g/mol. The van der Waals surface area contributed by atoms with Crippen LogP contribution in [0.25, 0.3) is 0 Å². The van der Waals surface area contributed by atoms with Gasteiger partial charge in [0, 0.05) is 5.56 Å². The number of alkyl halides is 4. The van der Waals surface area contributed by atoms with Gasteiger partial charge in [-0.25, -0.2) is 17.6 Å². The average molecular weight is 267 g/mol. The van der Waals surface area contributed by atoms with Crippen LogP contribution in [0.15, 0.2) is 12.1 Å². The van der Waals surface area contributed by atoms with Crippen LogP contribution in [-0.2, 0) is 0 Å². The molecule has 1 aromatic rings. The summed E-state index contributed by atoms with van der Waals surface area (Å²) < 4.78 is 54.9. The second kappa shape index (κ2) is 5.78. The van der Waals surface area contributed by atoms with Crippen LogP contribution in [0.5, 0.6) is 5.75 Å². The molecule has 0 saturated heterocycles. The van der Waals surface area contributed by atoms with E-state index >= 15 is 0 Å². The van der Waals surface area contributed by atoms with Crippen LogP contribution in [0.3, 0.4) is 0 Å². The van der Waals surface area contributed by atoms with Gasteiger partial charge in [-0.3, -0.25) is 0 Å². The normalized spacial score (nSPS) is 10.7. The van der Waals surface area contributed by atoms with Crippen LogP contribution in [0.2, 0.25) is 5.02 Å². The topological polar surface area (TPSA) is 9.23 Å². The summed E-state index contributed by atoms with van der Waals surface area (Å²) in [4.78, 5) is 0. The lowest BCUT2D eigenvalue weighted by Gasteiger charge is -2.12. The van der Waals surface area contributed by atoms with Gasteiger partial charge in [0.2, 0.25) is 0 Å². The van der Waals surface area contributed by atoms with E-state index in [1.54, 1.807) is 0 Å². The van der Waals surface area contributed by atoms with Gasteiger partial charge in [0.1, 0.15) is 12.4 Å². The molecule has 17 heavy (non-hydrogen) atoms. The highest BCUT2D eigenvalue weighted by atomic mass is 35.5. The first-order valence-electron chi connectivity index (χ1n) is 4.43. The van der Waals surface area contributed by atoms with E-state index in [2.05, 4.69) is 5.92 Å². The number of benzene rings is 1. The molecule has 0 unspecified atom stereocenters. The lowest BCUT2D eigenvalue weighted by molar-refractivity contribution is 0.140. The van der Waals surface area contributed by atoms with E-state index in [1.165, 1.54) is 0 Å². The standard InChI is InChI=1S/C11H7ClF4O/c1-2-3-17-9-5-8(12)6(10(13)14)4-7(9)11(15)16/h1,4-5,10-11H,3H2. The van der Waals surface area contributed by atoms with E-state index < -0.39 is 24.0 Å². The van der Waals surface area contributed by atoms with Crippen molar-refractivity contribution in [2.45, 2.75) is 12.9 Å². The van der Waals surface area contributed by atoms with Crippen LogP contribution in [0, 0.1) is 12.3 Å². The zero-order valence-corrected chi connectivity index (χ0v) is 9.15. The molecule has 0 bridgehead atoms. The van der Waals surface area contributed by atoms with Crippen LogP contribution < -0.4 is 4.74 Å². The van der Waals surface area contributed by atoms with Crippen LogP contribution in [0.4, 0.5) is 17.6 Å². The molecule has 0 heterocycles. The Hall–Kier alpha value is -1.41. The number of hydrogen-bond acceptors (Lipinski definition) is 1. The van der Waals surface area contributed by atoms with Gasteiger partial charge in [-0.15, -0.1) is 6.42 Å². The maximum absolute atomic E-state index is 12.6. The molecule has 0 radical (unpaired) electrons. The first-order chi connectivity index (χ1) is 7.97. The number of halogens is 5. The number of rotatable bonds is 4. The third-order valence-corrected chi connectivity index (χ3v) is 2.24. The van der Waals surface area contributed by atoms with E-state index in [0.717, 1.165) is 6.07 Å². The second-order valence-electron chi connectivity index (χ2n) is 3.01. The Kier molecular flexibility index (Phi) is 4.64. The zero-order chi connectivity index (χ0) is 13.0. The smallest absolute Gasteiger partial charge is 0.267 e. The summed E-state index contributed by atoms with van der Waals surface area (Å²) in [5.41, 5.74) is -1.31. The van der Waals surface area contributed by atoms with Crippen molar-refractivity contribution < 1.29 is 22.3 Å². The van der Waals surface area contributed by atoms with Gasteiger partial charge in [0.05, 0.1) is 10.6 Å². The summed E-state index contributed by atoms with van der Waals surface area (Å²) in [6, 6.07) is 1.55. The summed E-state index contributed by atoms with van der Waals surface area (Å²) >= 11 is 5.52. The Morgan fingerprint density at radius 1 is 1.18 bits per heavy atom. The molecule has 1 nitrogen and oxygen atoms in total. The highest BCUT2D eigenvalue weighted by molar-refractivity contribution is 6.31. The summed E-state index contributed by atoms with van der Waals surface area (Å²) in [5.74, 6) is 1.80. The van der Waals surface area contributed by atoms with E-state index in [1.807, 2.05) is 0 Å². The van der Waals surface area contributed by atoms with Gasteiger partial charge in [0.15, 0.2) is 0 Å². The van der Waals surface area contributed by atoms with Crippen molar-refractivity contribution in [2.24, 2.45) is 0 Å². The van der Waals surface area contributed by atoms with Crippen molar-refractivity contribution in [1.82, 2.24) is 0 Å². The molecular formula is C11H7ClF4O. The lowest BCUT2D eigenvalue weighted by Crippen LogP contribution is -2.00. The van der Waals surface area contributed by atoms with Crippen molar-refractivity contribution in [1.29, 1.82) is 0 Å². The molecule has 1 aromatic carbocycles. The predicted molar refractivity (Wildman–Crippen MR) is 55.7 cm³/mol. The van der Waals surface area contributed by atoms with E-state index in [9.17, 15) is 17.6 Å². The van der Waals surface area contributed by atoms with Gasteiger partial charge in [-0.1, -0.05) is 17.5 Å². The number of hydrogen-bond donors (Lipinski definition) is 0. The largest absolute Gasteiger partial charge is 0.480 e. The van der Waals surface area contributed by atoms with Crippen molar-refractivity contribution in [3.05, 3.63) is 28.3 Å². The highest BCUT2D eigenvalue weighted by Gasteiger charge is 2.21. The highest BCUT2D eigenvalue weighted by Crippen LogP contribution is 2.37. The summed E-state index contributed by atoms with van der Waals surface area (Å²) in [6.45, 7) is -0.246. The number of terminal acetylenes is 1. The molecule has 0 saturated carbocycles. The van der Waals surface area contributed by atoms with Gasteiger partial charge < -0.3 is 4.74 Å². The van der Waals surface area contributed by atoms with Gasteiger partial charge in [-0.2, -0.15) is 0 Å². The van der Waals surface area contributed by atoms with E-state index in [-0.39, 0.29) is 17.4 Å². The van der Waals surface area contributed by atoms with Crippen LogP contribution in [0.1, 0.15) is 24.0 Å². The fourth-order valence-corrected chi connectivity index (χ4v) is 1.41. The molecule has 92 valence electrons. The molecule has 0 atom stereocenters. The van der Waals surface area contributed by atoms with Gasteiger partial charge >= 0.3 is 0 Å². The molecule has 1 rings (SSSR count). The summed E-state index contributed by atoms with van der Waals surface area (Å²) in [5, 5.41) is -0.337. The predicted octanol–water partition coefficient (Wildman–Crippen LogP) is 4.23. The van der Waals surface area contributed by atoms with Gasteiger partial charge in [-0.05, 0) is 12.1 Å². The van der Waals surface area contributed by atoms with Gasteiger partial charge in [0.25, 0.3) is 12.9 Å². The minimum Gasteiger partial charge on any atom is -0.480 e. The molecule has 0 aromatic heterocycles. The average Bonchev–Trinajstić information content (AvgIpc) is 2.25. The quantitative estimate of drug-likeness (QED) is 0.585. The molecule has 0 N–H and O–H groups in total. The minimum atomic E-state index is -2.95. The molecule has 0 amide bonds. The molecule has 0 aliphatic rings. The Labute approximate surface area is 100 Å². The molecule has 6 heteroatoms. The van der Waals surface area contributed by atoms with Crippen molar-refractivity contribution in [2.75, 3.05) is 6.61 Å². The zero-order valence-electron chi connectivity index (χ0n) is 8.39. The lowest BCUT2D eigenvalue weighted by atomic mass is 10.1. The van der Waals surface area contributed by atoms with E-state index in [0.29, 0.717) is 6.07 Å². The molecule has 0 fully saturated rings. The Morgan fingerprint density at radius 3 is 2.24 bits per heavy atom. The summed E-state index contributed by atoms with van der Waals surface area (Å²) in [6.07, 6.45) is -0.972. The van der Waals surface area contributed by atoms with Crippen LogP contribution >= 0.6 is 11.6 Å². The monoisotopic (exact) mass is 266 g/mol. The maximum Gasteiger partial charge on any atom is 0.267 e. The molecule has 0 aliphatic carbocycles. The van der Waals surface area contributed by atoms with Crippen molar-refractivity contribution in [3.8, 4) is 18.1 Å². The van der Waals surface area contributed by atoms with Crippen molar-refractivity contribution in [3.63, 3.8) is 0 Å². The fraction of sp³-hybridized carbons (Fsp3) is 0.273. The SMILES string of the molecule is C#CCOc1cc(Cl)c(C(F)F)cc1C(F)F. The Morgan fingerprint density at radius 2 is 1.76 bits per heavy atom. The third kappa shape index (κ3) is 3.27. The minimum absolute atomic E-state index is 0.246. The fourth-order valence-electron chi connectivity index (χ4n) is 1.17. The Balaban J connectivity index is 3.21. The number of ether oxygens (including phenoxy) is 1. The van der Waals surface area contributed by atoms with Crippen LogP contribution in [-0.4, -0.2) is 6.61 Å². The maximum atomic E-state index is 12.6. The third-order valence-electron chi connectivity index (χ3n) is 1.91. The Bertz CT molecular complexity index is 440. The molecule has 0 aliphatic heterocycles. The summed E-state index contributed by atoms with van der Waals surface area (Å²) in [7, 11) is 0. The van der Waals surface area contributed by atoms with E-state index in [4.69, 9.17) is 22.8 Å².